The summed E-state index contributed by atoms with van der Waals surface area (Å²) in [6.45, 7) is 0.931. The number of carbonyl (C=O) groups excluding carboxylic acids is 1. The summed E-state index contributed by atoms with van der Waals surface area (Å²) in [5.41, 5.74) is 6.47. The molecule has 0 radical (unpaired) electrons. The number of hydrogen-bond acceptors (Lipinski definition) is 5. The number of amides is 1. The van der Waals surface area contributed by atoms with Gasteiger partial charge in [0.2, 0.25) is 0 Å². The number of ether oxygens (including phenoxy) is 1. The van der Waals surface area contributed by atoms with E-state index in [2.05, 4.69) is 10.6 Å². The van der Waals surface area contributed by atoms with E-state index in [4.69, 9.17) is 10.5 Å². The average Bonchev–Trinajstić information content (AvgIpc) is 3.28. The van der Waals surface area contributed by atoms with E-state index in [9.17, 15) is 4.79 Å². The van der Waals surface area contributed by atoms with E-state index in [0.717, 1.165) is 30.3 Å². The van der Waals surface area contributed by atoms with Crippen LogP contribution in [0, 0.1) is 5.92 Å². The molecule has 2 aliphatic carbocycles. The summed E-state index contributed by atoms with van der Waals surface area (Å²) in [7, 11) is 1.59. The maximum atomic E-state index is 12.1. The Morgan fingerprint density at radius 3 is 2.74 bits per heavy atom. The van der Waals surface area contributed by atoms with Crippen molar-refractivity contribution < 1.29 is 9.53 Å². The molecule has 1 aromatic heterocycles. The lowest BCUT2D eigenvalue weighted by molar-refractivity contribution is 0.0956. The highest BCUT2D eigenvalue weighted by molar-refractivity contribution is 7.19. The van der Waals surface area contributed by atoms with Gasteiger partial charge in [-0.3, -0.25) is 4.79 Å². The fourth-order valence-electron chi connectivity index (χ4n) is 1.95. The van der Waals surface area contributed by atoms with E-state index < -0.39 is 0 Å². The van der Waals surface area contributed by atoms with Crippen molar-refractivity contribution in [2.24, 2.45) is 5.92 Å². The topological polar surface area (TPSA) is 76.4 Å². The van der Waals surface area contributed by atoms with Crippen molar-refractivity contribution >= 4 is 27.9 Å². The summed E-state index contributed by atoms with van der Waals surface area (Å²) in [6.07, 6.45) is 4.71. The van der Waals surface area contributed by atoms with E-state index in [-0.39, 0.29) is 5.91 Å². The third-order valence-electron chi connectivity index (χ3n) is 3.47. The number of carbonyl (C=O) groups is 1. The van der Waals surface area contributed by atoms with E-state index in [1.807, 2.05) is 0 Å². The van der Waals surface area contributed by atoms with Gasteiger partial charge in [-0.05, 0) is 31.6 Å². The maximum absolute atomic E-state index is 12.1. The predicted octanol–water partition coefficient (Wildman–Crippen LogP) is 2.05. The minimum Gasteiger partial charge on any atom is -0.492 e. The number of nitrogens with two attached hydrogens (primary N) is 1. The molecule has 3 rings (SSSR count). The number of hydrogen-bond donors (Lipinski definition) is 3. The lowest BCUT2D eigenvalue weighted by Crippen LogP contribution is -2.25. The molecule has 0 spiro atoms. The van der Waals surface area contributed by atoms with Crippen LogP contribution in [0.25, 0.3) is 0 Å². The molecule has 2 saturated carbocycles. The van der Waals surface area contributed by atoms with Crippen LogP contribution >= 0.6 is 11.3 Å². The molecule has 6 heteroatoms. The molecule has 2 fully saturated rings. The third kappa shape index (κ3) is 2.78. The second-order valence-corrected chi connectivity index (χ2v) is 6.30. The highest BCUT2D eigenvalue weighted by Crippen LogP contribution is 2.43. The molecular weight excluding hydrogens is 262 g/mol. The molecule has 1 heterocycles. The van der Waals surface area contributed by atoms with Gasteiger partial charge in [-0.2, -0.15) is 0 Å². The van der Waals surface area contributed by atoms with Crippen LogP contribution in [0.5, 0.6) is 5.75 Å². The van der Waals surface area contributed by atoms with Gasteiger partial charge >= 0.3 is 0 Å². The van der Waals surface area contributed by atoms with E-state index in [1.54, 1.807) is 7.11 Å². The van der Waals surface area contributed by atoms with Crippen molar-refractivity contribution in [1.29, 1.82) is 0 Å². The molecule has 0 unspecified atom stereocenters. The van der Waals surface area contributed by atoms with Gasteiger partial charge in [0.15, 0.2) is 5.75 Å². The Hall–Kier alpha value is -1.43. The molecule has 0 bridgehead atoms. The molecule has 5 nitrogen and oxygen atoms in total. The largest absolute Gasteiger partial charge is 0.492 e. The summed E-state index contributed by atoms with van der Waals surface area (Å²) >= 11 is 1.39. The number of nitrogen functional groups attached to an aromatic ring is 1. The van der Waals surface area contributed by atoms with Gasteiger partial charge in [0, 0.05) is 12.6 Å². The van der Waals surface area contributed by atoms with Gasteiger partial charge in [0.1, 0.15) is 15.6 Å². The van der Waals surface area contributed by atoms with Crippen LogP contribution in [0.4, 0.5) is 10.7 Å². The standard InChI is InChI=1S/C13H19N3O2S/c1-18-10-9(14)11(12(17)16-8-4-5-8)19-13(10)15-6-7-2-3-7/h7-8,15H,2-6,14H2,1H3,(H,16,17). The molecule has 2 aliphatic rings. The Bertz CT molecular complexity index is 492. The fraction of sp³-hybridized carbons (Fsp3) is 0.615. The lowest BCUT2D eigenvalue weighted by atomic mass is 10.3. The number of nitrogens with one attached hydrogen (secondary N) is 2. The summed E-state index contributed by atoms with van der Waals surface area (Å²) in [4.78, 5) is 12.6. The van der Waals surface area contributed by atoms with Crippen LogP contribution in [-0.2, 0) is 0 Å². The van der Waals surface area contributed by atoms with Gasteiger partial charge in [-0.25, -0.2) is 0 Å². The Labute approximate surface area is 116 Å². The highest BCUT2D eigenvalue weighted by atomic mass is 32.1. The molecule has 0 atom stereocenters. The average molecular weight is 281 g/mol. The molecule has 0 aliphatic heterocycles. The van der Waals surface area contributed by atoms with Gasteiger partial charge in [-0.15, -0.1) is 11.3 Å². The Kier molecular flexibility index (Phi) is 3.26. The lowest BCUT2D eigenvalue weighted by Gasteiger charge is -2.05. The predicted molar refractivity (Wildman–Crippen MR) is 77.0 cm³/mol. The molecule has 0 aromatic carbocycles. The van der Waals surface area contributed by atoms with Crippen LogP contribution < -0.4 is 21.1 Å². The van der Waals surface area contributed by atoms with Gasteiger partial charge in [0.05, 0.1) is 7.11 Å². The first-order chi connectivity index (χ1) is 9.19. The molecule has 1 amide bonds. The molecule has 1 aromatic rings. The van der Waals surface area contributed by atoms with Crippen molar-refractivity contribution in [3.63, 3.8) is 0 Å². The molecule has 19 heavy (non-hydrogen) atoms. The second kappa shape index (κ2) is 4.92. The quantitative estimate of drug-likeness (QED) is 0.746. The van der Waals surface area contributed by atoms with E-state index in [1.165, 1.54) is 24.2 Å². The van der Waals surface area contributed by atoms with E-state index >= 15 is 0 Å². The summed E-state index contributed by atoms with van der Waals surface area (Å²) in [6, 6.07) is 0.336. The molecular formula is C13H19N3O2S. The first-order valence-corrected chi connectivity index (χ1v) is 7.51. The SMILES string of the molecule is COc1c(NCC2CC2)sc(C(=O)NC2CC2)c1N. The van der Waals surface area contributed by atoms with Gasteiger partial charge in [0.25, 0.3) is 5.91 Å². The minimum absolute atomic E-state index is 0.0808. The molecule has 4 N–H and O–H groups in total. The number of anilines is 2. The summed E-state index contributed by atoms with van der Waals surface area (Å²) < 4.78 is 5.32. The zero-order valence-corrected chi connectivity index (χ0v) is 11.8. The van der Waals surface area contributed by atoms with Gasteiger partial charge in [-0.1, -0.05) is 0 Å². The summed E-state index contributed by atoms with van der Waals surface area (Å²) in [5.74, 6) is 1.28. The number of methoxy groups -OCH3 is 1. The van der Waals surface area contributed by atoms with Crippen LogP contribution in [0.2, 0.25) is 0 Å². The van der Waals surface area contributed by atoms with Gasteiger partial charge < -0.3 is 21.1 Å². The monoisotopic (exact) mass is 281 g/mol. The van der Waals surface area contributed by atoms with E-state index in [0.29, 0.717) is 22.4 Å². The zero-order chi connectivity index (χ0) is 13.4. The van der Waals surface area contributed by atoms with Crippen LogP contribution in [0.3, 0.4) is 0 Å². The van der Waals surface area contributed by atoms with Crippen molar-refractivity contribution in [1.82, 2.24) is 5.32 Å². The Morgan fingerprint density at radius 1 is 1.42 bits per heavy atom. The first kappa shape index (κ1) is 12.6. The van der Waals surface area contributed by atoms with Crippen molar-refractivity contribution in [3.05, 3.63) is 4.88 Å². The van der Waals surface area contributed by atoms with Crippen LogP contribution in [0.1, 0.15) is 35.4 Å². The maximum Gasteiger partial charge on any atom is 0.263 e. The fourth-order valence-corrected chi connectivity index (χ4v) is 2.95. The van der Waals surface area contributed by atoms with Crippen molar-refractivity contribution in [2.45, 2.75) is 31.7 Å². The van der Waals surface area contributed by atoms with Crippen molar-refractivity contribution in [3.8, 4) is 5.75 Å². The van der Waals surface area contributed by atoms with Crippen molar-refractivity contribution in [2.75, 3.05) is 24.7 Å². The molecule has 0 saturated heterocycles. The number of rotatable bonds is 6. The Morgan fingerprint density at radius 2 is 2.16 bits per heavy atom. The number of thiophene rings is 1. The Balaban J connectivity index is 1.75. The second-order valence-electron chi connectivity index (χ2n) is 5.28. The van der Waals surface area contributed by atoms with Crippen LogP contribution in [-0.4, -0.2) is 25.6 Å². The minimum atomic E-state index is -0.0808. The smallest absolute Gasteiger partial charge is 0.263 e. The first-order valence-electron chi connectivity index (χ1n) is 6.70. The van der Waals surface area contributed by atoms with Crippen LogP contribution in [0.15, 0.2) is 0 Å². The normalized spacial score (nSPS) is 18.2. The third-order valence-corrected chi connectivity index (χ3v) is 4.61. The molecule has 104 valence electrons. The highest BCUT2D eigenvalue weighted by Gasteiger charge is 2.28. The summed E-state index contributed by atoms with van der Waals surface area (Å²) in [5, 5.41) is 7.17. The zero-order valence-electron chi connectivity index (χ0n) is 11.0.